The second-order valence-corrected chi connectivity index (χ2v) is 9.81. The second-order valence-electron chi connectivity index (χ2n) is 7.92. The minimum absolute atomic E-state index is 0.0117. The third-order valence-electron chi connectivity index (χ3n) is 5.75. The number of hydrogen-bond donors (Lipinski definition) is 0. The molecular weight excluding hydrogens is 410 g/mol. The molecule has 0 amide bonds. The maximum atomic E-state index is 14.3. The molecule has 1 fully saturated rings. The van der Waals surface area contributed by atoms with E-state index in [4.69, 9.17) is 4.74 Å². The van der Waals surface area contributed by atoms with Crippen LogP contribution in [0.25, 0.3) is 0 Å². The van der Waals surface area contributed by atoms with Crippen LogP contribution in [-0.4, -0.2) is 55.8 Å². The van der Waals surface area contributed by atoms with Gasteiger partial charge in [-0.3, -0.25) is 4.90 Å². The van der Waals surface area contributed by atoms with Gasteiger partial charge in [-0.05, 0) is 48.7 Å². The summed E-state index contributed by atoms with van der Waals surface area (Å²) in [5, 5.41) is 0. The van der Waals surface area contributed by atoms with Crippen LogP contribution in [0, 0.1) is 0 Å². The van der Waals surface area contributed by atoms with E-state index in [2.05, 4.69) is 11.0 Å². The van der Waals surface area contributed by atoms with Gasteiger partial charge in [-0.1, -0.05) is 24.3 Å². The first-order valence-corrected chi connectivity index (χ1v) is 11.6. The Morgan fingerprint density at radius 3 is 2.50 bits per heavy atom. The highest BCUT2D eigenvalue weighted by Crippen LogP contribution is 2.37. The van der Waals surface area contributed by atoms with E-state index in [1.807, 2.05) is 25.1 Å². The van der Waals surface area contributed by atoms with E-state index in [9.17, 15) is 17.2 Å². The van der Waals surface area contributed by atoms with Gasteiger partial charge in [0, 0.05) is 32.1 Å². The molecule has 162 valence electrons. The van der Waals surface area contributed by atoms with Gasteiger partial charge < -0.3 is 4.74 Å². The molecule has 8 heteroatoms. The van der Waals surface area contributed by atoms with Crippen LogP contribution in [0.5, 0.6) is 5.75 Å². The molecule has 0 spiro atoms. The number of halogens is 2. The highest BCUT2D eigenvalue weighted by molar-refractivity contribution is 7.89. The van der Waals surface area contributed by atoms with Crippen molar-refractivity contribution in [1.29, 1.82) is 0 Å². The Hall–Kier alpha value is -2.03. The van der Waals surface area contributed by atoms with Gasteiger partial charge in [0.25, 0.3) is 5.92 Å². The molecule has 1 saturated heterocycles. The molecule has 2 aromatic carbocycles. The number of ether oxygens (including phenoxy) is 1. The van der Waals surface area contributed by atoms with Crippen molar-refractivity contribution in [3.63, 3.8) is 0 Å². The number of benzene rings is 2. The van der Waals surface area contributed by atoms with Crippen molar-refractivity contribution in [2.45, 2.75) is 43.2 Å². The molecule has 0 unspecified atom stereocenters. The summed E-state index contributed by atoms with van der Waals surface area (Å²) in [7, 11) is -4.03. The number of fused-ring (bicyclic) bond motifs is 1. The van der Waals surface area contributed by atoms with Gasteiger partial charge in [0.1, 0.15) is 5.75 Å². The second kappa shape index (κ2) is 8.24. The number of sulfonamides is 1. The molecule has 4 rings (SSSR count). The predicted molar refractivity (Wildman–Crippen MR) is 110 cm³/mol. The Balaban J connectivity index is 1.54. The minimum Gasteiger partial charge on any atom is -0.494 e. The van der Waals surface area contributed by atoms with Crippen LogP contribution < -0.4 is 4.74 Å². The Labute approximate surface area is 176 Å². The molecule has 2 heterocycles. The van der Waals surface area contributed by atoms with Crippen LogP contribution in [0.4, 0.5) is 8.78 Å². The van der Waals surface area contributed by atoms with Crippen LogP contribution in [0.2, 0.25) is 0 Å². The molecule has 0 aromatic heterocycles. The predicted octanol–water partition coefficient (Wildman–Crippen LogP) is 3.54. The van der Waals surface area contributed by atoms with Crippen molar-refractivity contribution >= 4 is 10.0 Å². The highest BCUT2D eigenvalue weighted by Gasteiger charge is 2.50. The molecule has 1 atom stereocenters. The largest absolute Gasteiger partial charge is 0.494 e. The smallest absolute Gasteiger partial charge is 0.263 e. The van der Waals surface area contributed by atoms with Crippen molar-refractivity contribution in [3.8, 4) is 5.75 Å². The fourth-order valence-electron chi connectivity index (χ4n) is 4.32. The Morgan fingerprint density at radius 1 is 1.10 bits per heavy atom. The van der Waals surface area contributed by atoms with Gasteiger partial charge in [0.05, 0.1) is 18.0 Å². The lowest BCUT2D eigenvalue weighted by molar-refractivity contribution is 0.0165. The van der Waals surface area contributed by atoms with Crippen molar-refractivity contribution in [1.82, 2.24) is 9.21 Å². The topological polar surface area (TPSA) is 49.9 Å². The Morgan fingerprint density at radius 2 is 1.80 bits per heavy atom. The molecule has 2 aromatic rings. The van der Waals surface area contributed by atoms with Gasteiger partial charge in [-0.2, -0.15) is 4.31 Å². The van der Waals surface area contributed by atoms with Crippen LogP contribution in [-0.2, 0) is 23.0 Å². The lowest BCUT2D eigenvalue weighted by Crippen LogP contribution is -2.44. The Kier molecular flexibility index (Phi) is 5.83. The van der Waals surface area contributed by atoms with Crippen LogP contribution >= 0.6 is 0 Å². The van der Waals surface area contributed by atoms with Crippen molar-refractivity contribution in [3.05, 3.63) is 59.7 Å². The molecule has 0 N–H and O–H groups in total. The van der Waals surface area contributed by atoms with Crippen LogP contribution in [0.3, 0.4) is 0 Å². The van der Waals surface area contributed by atoms with Gasteiger partial charge in [-0.25, -0.2) is 17.2 Å². The van der Waals surface area contributed by atoms with Gasteiger partial charge >= 0.3 is 0 Å². The molecule has 2 aliphatic heterocycles. The number of alkyl halides is 2. The lowest BCUT2D eigenvalue weighted by Gasteiger charge is -2.33. The van der Waals surface area contributed by atoms with Crippen LogP contribution in [0.1, 0.15) is 24.5 Å². The summed E-state index contributed by atoms with van der Waals surface area (Å²) < 4.78 is 61.3. The summed E-state index contributed by atoms with van der Waals surface area (Å²) in [4.78, 5) is 2.09. The van der Waals surface area contributed by atoms with Crippen molar-refractivity contribution in [2.75, 3.05) is 26.2 Å². The first kappa shape index (κ1) is 21.2. The number of rotatable bonds is 6. The zero-order chi connectivity index (χ0) is 21.4. The molecular formula is C22H26F2N2O3S. The Bertz CT molecular complexity index is 996. The third kappa shape index (κ3) is 4.36. The summed E-state index contributed by atoms with van der Waals surface area (Å²) >= 11 is 0. The molecule has 5 nitrogen and oxygen atoms in total. The maximum absolute atomic E-state index is 14.3. The normalized spacial score (nSPS) is 22.0. The fourth-order valence-corrected chi connectivity index (χ4v) is 5.97. The first-order valence-electron chi connectivity index (χ1n) is 10.2. The zero-order valence-electron chi connectivity index (χ0n) is 16.9. The van der Waals surface area contributed by atoms with E-state index < -0.39 is 35.0 Å². The molecule has 30 heavy (non-hydrogen) atoms. The summed E-state index contributed by atoms with van der Waals surface area (Å²) in [6, 6.07) is 13.3. The molecule has 0 saturated carbocycles. The maximum Gasteiger partial charge on any atom is 0.263 e. The SMILES string of the molecule is CCOc1ccc(S(=O)(=O)N2CC(F)(F)C[C@H]2CN2CCc3ccccc3C2)cc1. The van der Waals surface area contributed by atoms with Gasteiger partial charge in [0.2, 0.25) is 10.0 Å². The van der Waals surface area contributed by atoms with Crippen molar-refractivity contribution < 1.29 is 21.9 Å². The van der Waals surface area contributed by atoms with Crippen LogP contribution in [0.15, 0.2) is 53.4 Å². The summed E-state index contributed by atoms with van der Waals surface area (Å²) in [5.41, 5.74) is 2.44. The van der Waals surface area contributed by atoms with E-state index in [0.717, 1.165) is 17.3 Å². The highest BCUT2D eigenvalue weighted by atomic mass is 32.2. The number of hydrogen-bond acceptors (Lipinski definition) is 4. The van der Waals surface area contributed by atoms with E-state index in [0.29, 0.717) is 25.4 Å². The van der Waals surface area contributed by atoms with E-state index >= 15 is 0 Å². The first-order chi connectivity index (χ1) is 14.3. The summed E-state index contributed by atoms with van der Waals surface area (Å²) in [6.07, 6.45) is 0.381. The van der Waals surface area contributed by atoms with E-state index in [1.54, 1.807) is 12.1 Å². The van der Waals surface area contributed by atoms with Gasteiger partial charge in [-0.15, -0.1) is 0 Å². The number of nitrogens with zero attached hydrogens (tertiary/aromatic N) is 2. The molecule has 0 bridgehead atoms. The summed E-state index contributed by atoms with van der Waals surface area (Å²) in [6.45, 7) is 3.19. The molecule has 0 radical (unpaired) electrons. The van der Waals surface area contributed by atoms with E-state index in [1.165, 1.54) is 23.3 Å². The average molecular weight is 437 g/mol. The third-order valence-corrected chi connectivity index (χ3v) is 7.66. The minimum atomic E-state index is -4.03. The quantitative estimate of drug-likeness (QED) is 0.695. The zero-order valence-corrected chi connectivity index (χ0v) is 17.7. The molecule has 0 aliphatic carbocycles. The van der Waals surface area contributed by atoms with Crippen molar-refractivity contribution in [2.24, 2.45) is 0 Å². The standard InChI is InChI=1S/C22H26F2N2O3S/c1-2-29-20-7-9-21(10-8-20)30(27,28)26-16-22(23,24)13-19(26)15-25-12-11-17-5-3-4-6-18(17)14-25/h3-10,19H,2,11-16H2,1H3/t19-/m0/s1. The van der Waals surface area contributed by atoms with Gasteiger partial charge in [0.15, 0.2) is 0 Å². The molecule has 2 aliphatic rings. The monoisotopic (exact) mass is 436 g/mol. The fraction of sp³-hybridized carbons (Fsp3) is 0.455. The summed E-state index contributed by atoms with van der Waals surface area (Å²) in [5.74, 6) is -2.48. The average Bonchev–Trinajstić information content (AvgIpc) is 3.03. The lowest BCUT2D eigenvalue weighted by atomic mass is 9.99. The van der Waals surface area contributed by atoms with E-state index in [-0.39, 0.29) is 4.90 Å².